The van der Waals surface area contributed by atoms with E-state index in [9.17, 15) is 23.1 Å². The number of aromatic nitrogens is 2. The number of hydrogen-bond donors (Lipinski definition) is 1. The number of alkyl halides is 3. The summed E-state index contributed by atoms with van der Waals surface area (Å²) in [6, 6.07) is 6.09. The van der Waals surface area contributed by atoms with E-state index in [2.05, 4.69) is 5.16 Å². The molecule has 2 aromatic heterocycles. The van der Waals surface area contributed by atoms with Crippen molar-refractivity contribution in [1.29, 1.82) is 0 Å². The topological polar surface area (TPSA) is 68.3 Å². The average molecular weight is 402 g/mol. The number of aliphatic hydroxyl groups is 1. The number of aryl methyl sites for hydroxylation is 2. The van der Waals surface area contributed by atoms with E-state index in [-0.39, 0.29) is 16.8 Å². The molecular formula is C21H17F3N2O3. The number of fused-ring (bicyclic) bond motifs is 1. The maximum Gasteiger partial charge on any atom is 0.454 e. The van der Waals surface area contributed by atoms with Crippen molar-refractivity contribution in [2.75, 3.05) is 0 Å². The molecule has 8 heteroatoms. The molecule has 1 unspecified atom stereocenters. The molecule has 0 saturated carbocycles. The zero-order chi connectivity index (χ0) is 20.9. The number of carbonyl (C=O) groups is 1. The first-order valence-electron chi connectivity index (χ1n) is 8.95. The minimum absolute atomic E-state index is 0.0863. The van der Waals surface area contributed by atoms with Crippen molar-refractivity contribution in [1.82, 2.24) is 9.72 Å². The molecule has 2 heterocycles. The number of aliphatic hydroxyl groups excluding tert-OH is 1. The summed E-state index contributed by atoms with van der Waals surface area (Å²) in [6.07, 6.45) is 0.0959. The van der Waals surface area contributed by atoms with E-state index in [0.29, 0.717) is 29.0 Å². The molecule has 4 rings (SSSR count). The highest BCUT2D eigenvalue weighted by molar-refractivity contribution is 6.16. The standard InChI is InChI=1S/C21H17F3N2O3/c1-11-17(12(2)29-25-11)19-18(20(28)21(22,23)24)15-5-3-4-6-16(15)26(19)13-7-9-14(27)10-8-13/h3-7,9-10,13,27H,8H2,1-2H3. The molecule has 1 aliphatic carbocycles. The van der Waals surface area contributed by atoms with Gasteiger partial charge in [0.05, 0.1) is 28.6 Å². The lowest BCUT2D eigenvalue weighted by molar-refractivity contribution is -0.0883. The van der Waals surface area contributed by atoms with Crippen molar-refractivity contribution in [3.8, 4) is 11.3 Å². The van der Waals surface area contributed by atoms with Crippen molar-refractivity contribution in [2.45, 2.75) is 32.5 Å². The molecule has 3 aromatic rings. The number of carbonyl (C=O) groups excluding carboxylic acids is 1. The van der Waals surface area contributed by atoms with E-state index >= 15 is 0 Å². The number of hydrogen-bond acceptors (Lipinski definition) is 4. The van der Waals surface area contributed by atoms with Gasteiger partial charge in [0.15, 0.2) is 0 Å². The maximum atomic E-state index is 13.5. The lowest BCUT2D eigenvalue weighted by Crippen LogP contribution is -2.23. The molecule has 5 nitrogen and oxygen atoms in total. The summed E-state index contributed by atoms with van der Waals surface area (Å²) in [5.41, 5.74) is 0.936. The van der Waals surface area contributed by atoms with Crippen LogP contribution in [0.2, 0.25) is 0 Å². The lowest BCUT2D eigenvalue weighted by atomic mass is 9.99. The van der Waals surface area contributed by atoms with E-state index in [1.54, 1.807) is 48.8 Å². The summed E-state index contributed by atoms with van der Waals surface area (Å²) in [7, 11) is 0. The predicted octanol–water partition coefficient (Wildman–Crippen LogP) is 5.60. The fraction of sp³-hybridized carbons (Fsp3) is 0.238. The summed E-state index contributed by atoms with van der Waals surface area (Å²) in [5, 5.41) is 13.7. The van der Waals surface area contributed by atoms with Crippen LogP contribution in [0.15, 0.2) is 52.8 Å². The molecule has 0 radical (unpaired) electrons. The first-order valence-corrected chi connectivity index (χ1v) is 8.95. The molecule has 0 saturated heterocycles. The molecule has 1 aromatic carbocycles. The van der Waals surface area contributed by atoms with Crippen LogP contribution in [0.4, 0.5) is 13.2 Å². The Morgan fingerprint density at radius 2 is 2.00 bits per heavy atom. The second-order valence-electron chi connectivity index (χ2n) is 6.93. The number of Topliss-reactive ketones (excluding diaryl/α,β-unsaturated/α-hetero) is 1. The van der Waals surface area contributed by atoms with Gasteiger partial charge in [0.25, 0.3) is 5.78 Å². The van der Waals surface area contributed by atoms with Gasteiger partial charge >= 0.3 is 6.18 Å². The minimum Gasteiger partial charge on any atom is -0.508 e. The van der Waals surface area contributed by atoms with E-state index in [1.165, 1.54) is 12.1 Å². The maximum absolute atomic E-state index is 13.5. The summed E-state index contributed by atoms with van der Waals surface area (Å²) >= 11 is 0. The lowest BCUT2D eigenvalue weighted by Gasteiger charge is -2.21. The highest BCUT2D eigenvalue weighted by atomic mass is 19.4. The van der Waals surface area contributed by atoms with Gasteiger partial charge in [-0.1, -0.05) is 29.4 Å². The Hall–Kier alpha value is -3.29. The van der Waals surface area contributed by atoms with E-state index in [0.717, 1.165) is 0 Å². The molecule has 1 N–H and O–H groups in total. The Labute approximate surface area is 163 Å². The van der Waals surface area contributed by atoms with Crippen LogP contribution in [0.5, 0.6) is 0 Å². The third-order valence-electron chi connectivity index (χ3n) is 5.05. The van der Waals surface area contributed by atoms with E-state index < -0.39 is 23.6 Å². The van der Waals surface area contributed by atoms with Crippen molar-refractivity contribution >= 4 is 16.7 Å². The van der Waals surface area contributed by atoms with E-state index in [1.807, 2.05) is 0 Å². The van der Waals surface area contributed by atoms with Crippen LogP contribution in [-0.2, 0) is 0 Å². The zero-order valence-electron chi connectivity index (χ0n) is 15.6. The number of allylic oxidation sites excluding steroid dienone is 3. The van der Waals surface area contributed by atoms with Crippen molar-refractivity contribution in [3.63, 3.8) is 0 Å². The molecule has 29 heavy (non-hydrogen) atoms. The molecule has 150 valence electrons. The van der Waals surface area contributed by atoms with Crippen LogP contribution < -0.4 is 0 Å². The summed E-state index contributed by atoms with van der Waals surface area (Å²) in [6.45, 7) is 3.22. The van der Waals surface area contributed by atoms with Crippen LogP contribution in [0, 0.1) is 13.8 Å². The van der Waals surface area contributed by atoms with Crippen molar-refractivity contribution < 1.29 is 27.6 Å². The Kier molecular flexibility index (Phi) is 4.37. The molecule has 0 spiro atoms. The quantitative estimate of drug-likeness (QED) is 0.579. The van der Waals surface area contributed by atoms with Gasteiger partial charge in [0, 0.05) is 10.9 Å². The second-order valence-corrected chi connectivity index (χ2v) is 6.93. The van der Waals surface area contributed by atoms with E-state index in [4.69, 9.17) is 4.52 Å². The molecule has 0 amide bonds. The third kappa shape index (κ3) is 3.04. The summed E-state index contributed by atoms with van der Waals surface area (Å²) in [5.74, 6) is -1.51. The summed E-state index contributed by atoms with van der Waals surface area (Å²) in [4.78, 5) is 12.5. The van der Waals surface area contributed by atoms with Crippen LogP contribution >= 0.6 is 0 Å². The fourth-order valence-electron chi connectivity index (χ4n) is 3.84. The summed E-state index contributed by atoms with van der Waals surface area (Å²) < 4.78 is 47.5. The second kappa shape index (κ2) is 6.65. The van der Waals surface area contributed by atoms with Crippen LogP contribution in [0.25, 0.3) is 22.2 Å². The van der Waals surface area contributed by atoms with Gasteiger partial charge < -0.3 is 14.2 Å². The van der Waals surface area contributed by atoms with Crippen LogP contribution in [0.1, 0.15) is 34.3 Å². The van der Waals surface area contributed by atoms with Gasteiger partial charge in [0.2, 0.25) is 0 Å². The Morgan fingerprint density at radius 3 is 2.59 bits per heavy atom. The number of nitrogens with zero attached hydrogens (tertiary/aromatic N) is 2. The smallest absolute Gasteiger partial charge is 0.454 e. The van der Waals surface area contributed by atoms with Gasteiger partial charge in [-0.05, 0) is 38.5 Å². The third-order valence-corrected chi connectivity index (χ3v) is 5.05. The molecule has 0 fully saturated rings. The first kappa shape index (κ1) is 19.0. The SMILES string of the molecule is Cc1noc(C)c1-c1c(C(=O)C(F)(F)F)c2ccccc2n1C1C=CC(O)=CC1. The molecule has 0 bridgehead atoms. The van der Waals surface area contributed by atoms with Gasteiger partial charge in [-0.2, -0.15) is 13.2 Å². The molecule has 1 atom stereocenters. The van der Waals surface area contributed by atoms with Gasteiger partial charge in [-0.3, -0.25) is 4.79 Å². The number of halogens is 3. The molecular weight excluding hydrogens is 385 g/mol. The average Bonchev–Trinajstić information content (AvgIpc) is 3.17. The highest BCUT2D eigenvalue weighted by Crippen LogP contribution is 2.43. The van der Waals surface area contributed by atoms with Crippen LogP contribution in [-0.4, -0.2) is 26.8 Å². The Bertz CT molecular complexity index is 1160. The normalized spacial score (nSPS) is 17.0. The number of para-hydroxylation sites is 1. The Balaban J connectivity index is 2.13. The number of rotatable bonds is 3. The van der Waals surface area contributed by atoms with Crippen LogP contribution in [0.3, 0.4) is 0 Å². The zero-order valence-corrected chi connectivity index (χ0v) is 15.6. The Morgan fingerprint density at radius 1 is 1.28 bits per heavy atom. The van der Waals surface area contributed by atoms with Gasteiger partial charge in [-0.15, -0.1) is 0 Å². The predicted molar refractivity (Wildman–Crippen MR) is 101 cm³/mol. The molecule has 1 aliphatic rings. The largest absolute Gasteiger partial charge is 0.508 e. The van der Waals surface area contributed by atoms with Gasteiger partial charge in [-0.25, -0.2) is 0 Å². The fourth-order valence-corrected chi connectivity index (χ4v) is 3.84. The monoisotopic (exact) mass is 402 g/mol. The van der Waals surface area contributed by atoms with Gasteiger partial charge in [0.1, 0.15) is 11.5 Å². The van der Waals surface area contributed by atoms with Crippen molar-refractivity contribution in [3.05, 3.63) is 65.3 Å². The minimum atomic E-state index is -5.04. The number of benzene rings is 1. The first-order chi connectivity index (χ1) is 13.7. The van der Waals surface area contributed by atoms with Crippen molar-refractivity contribution in [2.24, 2.45) is 0 Å². The molecule has 0 aliphatic heterocycles. The highest BCUT2D eigenvalue weighted by Gasteiger charge is 2.44. The number of ketones is 1.